The van der Waals surface area contributed by atoms with Gasteiger partial charge in [0, 0.05) is 38.8 Å². The van der Waals surface area contributed by atoms with Crippen molar-refractivity contribution < 1.29 is 14.2 Å². The molecule has 0 amide bonds. The predicted molar refractivity (Wildman–Crippen MR) is 129 cm³/mol. The normalized spacial score (nSPS) is 17.2. The van der Waals surface area contributed by atoms with E-state index < -0.39 is 0 Å². The minimum absolute atomic E-state index is 0. The summed E-state index contributed by atoms with van der Waals surface area (Å²) in [6.45, 7) is 5.55. The van der Waals surface area contributed by atoms with Gasteiger partial charge in [0.2, 0.25) is 6.79 Å². The van der Waals surface area contributed by atoms with Crippen LogP contribution in [-0.2, 0) is 16.7 Å². The third-order valence-corrected chi connectivity index (χ3v) is 5.88. The maximum atomic E-state index is 5.67. The number of rotatable bonds is 5. The highest BCUT2D eigenvalue weighted by Crippen LogP contribution is 2.36. The van der Waals surface area contributed by atoms with E-state index in [-0.39, 0.29) is 29.4 Å². The van der Waals surface area contributed by atoms with Crippen molar-refractivity contribution in [2.24, 2.45) is 4.99 Å². The molecule has 2 aliphatic rings. The van der Waals surface area contributed by atoms with E-state index in [0.717, 1.165) is 55.6 Å². The summed E-state index contributed by atoms with van der Waals surface area (Å²) in [5.74, 6) is 2.39. The molecule has 0 radical (unpaired) electrons. The average Bonchev–Trinajstić information content (AvgIpc) is 3.23. The molecule has 6 nitrogen and oxygen atoms in total. The SMILES string of the molecule is CN=C(NCc1ccc2c(c1)OCO2)NCC1(c2ccccc2C)CCOCC1.I. The third-order valence-electron chi connectivity index (χ3n) is 5.88. The molecular formula is C23H30IN3O3. The van der Waals surface area contributed by atoms with Crippen LogP contribution in [0.3, 0.4) is 0 Å². The molecule has 0 atom stereocenters. The van der Waals surface area contributed by atoms with Crippen LogP contribution in [0.2, 0.25) is 0 Å². The van der Waals surface area contributed by atoms with Crippen LogP contribution in [0.25, 0.3) is 0 Å². The Bertz CT molecular complexity index is 882. The second-order valence-electron chi connectivity index (χ2n) is 7.67. The average molecular weight is 523 g/mol. The molecule has 0 saturated carbocycles. The first-order valence-electron chi connectivity index (χ1n) is 10.2. The fourth-order valence-corrected chi connectivity index (χ4v) is 4.18. The number of aliphatic imine (C=N–C) groups is 1. The summed E-state index contributed by atoms with van der Waals surface area (Å²) in [4.78, 5) is 4.41. The number of ether oxygens (including phenoxy) is 3. The lowest BCUT2D eigenvalue weighted by Crippen LogP contribution is -2.48. The van der Waals surface area contributed by atoms with E-state index in [0.29, 0.717) is 13.3 Å². The molecule has 0 bridgehead atoms. The van der Waals surface area contributed by atoms with E-state index >= 15 is 0 Å². The van der Waals surface area contributed by atoms with Crippen molar-refractivity contribution in [3.63, 3.8) is 0 Å². The van der Waals surface area contributed by atoms with Crippen LogP contribution < -0.4 is 20.1 Å². The highest BCUT2D eigenvalue weighted by atomic mass is 127. The molecule has 2 N–H and O–H groups in total. The zero-order valence-corrected chi connectivity index (χ0v) is 19.9. The Labute approximate surface area is 195 Å². The van der Waals surface area contributed by atoms with Gasteiger partial charge < -0.3 is 24.8 Å². The van der Waals surface area contributed by atoms with Gasteiger partial charge in [0.1, 0.15) is 0 Å². The fraction of sp³-hybridized carbons (Fsp3) is 0.435. The maximum Gasteiger partial charge on any atom is 0.231 e. The van der Waals surface area contributed by atoms with Gasteiger partial charge in [0.25, 0.3) is 0 Å². The van der Waals surface area contributed by atoms with Crippen LogP contribution in [0.5, 0.6) is 11.5 Å². The first kappa shape index (κ1) is 22.7. The lowest BCUT2D eigenvalue weighted by molar-refractivity contribution is 0.0512. The Hall–Kier alpha value is -2.00. The predicted octanol–water partition coefficient (Wildman–Crippen LogP) is 3.76. The number of aryl methyl sites for hydroxylation is 1. The summed E-state index contributed by atoms with van der Waals surface area (Å²) in [5, 5.41) is 6.97. The third kappa shape index (κ3) is 5.00. The number of fused-ring (bicyclic) bond motifs is 1. The molecule has 162 valence electrons. The van der Waals surface area contributed by atoms with Gasteiger partial charge in [0.05, 0.1) is 0 Å². The minimum atomic E-state index is 0. The van der Waals surface area contributed by atoms with Crippen LogP contribution >= 0.6 is 24.0 Å². The number of nitrogens with one attached hydrogen (secondary N) is 2. The summed E-state index contributed by atoms with van der Waals surface area (Å²) in [6.07, 6.45) is 2.01. The molecule has 1 saturated heterocycles. The summed E-state index contributed by atoms with van der Waals surface area (Å²) in [6, 6.07) is 14.7. The monoisotopic (exact) mass is 523 g/mol. The molecule has 0 aromatic heterocycles. The first-order chi connectivity index (χ1) is 14.2. The van der Waals surface area contributed by atoms with Crippen LogP contribution in [0.15, 0.2) is 47.5 Å². The highest BCUT2D eigenvalue weighted by molar-refractivity contribution is 14.0. The fourth-order valence-electron chi connectivity index (χ4n) is 4.18. The topological polar surface area (TPSA) is 64.1 Å². The van der Waals surface area contributed by atoms with Gasteiger partial charge in [-0.05, 0) is 48.6 Å². The number of hydrogen-bond acceptors (Lipinski definition) is 4. The number of halogens is 1. The number of nitrogens with zero attached hydrogens (tertiary/aromatic N) is 1. The summed E-state index contributed by atoms with van der Waals surface area (Å²) in [7, 11) is 1.80. The molecule has 2 aromatic carbocycles. The zero-order chi connectivity index (χ0) is 20.1. The van der Waals surface area contributed by atoms with Gasteiger partial charge in [-0.1, -0.05) is 30.3 Å². The number of hydrogen-bond donors (Lipinski definition) is 2. The molecule has 30 heavy (non-hydrogen) atoms. The number of guanidine groups is 1. The van der Waals surface area contributed by atoms with Crippen molar-refractivity contribution in [2.45, 2.75) is 31.7 Å². The van der Waals surface area contributed by atoms with Crippen molar-refractivity contribution in [1.29, 1.82) is 0 Å². The molecule has 2 heterocycles. The standard InChI is InChI=1S/C23H29N3O3.HI/c1-17-5-3-4-6-19(17)23(9-11-27-12-10-23)15-26-22(24-2)25-14-18-7-8-20-21(13-18)29-16-28-20;/h3-8,13H,9-12,14-16H2,1-2H3,(H2,24,25,26);1H. The van der Waals surface area contributed by atoms with Crippen molar-refractivity contribution in [3.05, 3.63) is 59.2 Å². The summed E-state index contributed by atoms with van der Waals surface area (Å²) < 4.78 is 16.5. The van der Waals surface area contributed by atoms with Crippen molar-refractivity contribution in [3.8, 4) is 11.5 Å². The smallest absolute Gasteiger partial charge is 0.231 e. The second kappa shape index (κ2) is 10.3. The summed E-state index contributed by atoms with van der Waals surface area (Å²) >= 11 is 0. The number of benzene rings is 2. The van der Waals surface area contributed by atoms with Gasteiger partial charge in [0.15, 0.2) is 17.5 Å². The van der Waals surface area contributed by atoms with E-state index in [9.17, 15) is 0 Å². The van der Waals surface area contributed by atoms with Crippen molar-refractivity contribution >= 4 is 29.9 Å². The van der Waals surface area contributed by atoms with Gasteiger partial charge in [-0.3, -0.25) is 4.99 Å². The Morgan fingerprint density at radius 2 is 1.80 bits per heavy atom. The van der Waals surface area contributed by atoms with E-state index in [1.807, 2.05) is 18.2 Å². The molecule has 0 aliphatic carbocycles. The Morgan fingerprint density at radius 1 is 1.03 bits per heavy atom. The highest BCUT2D eigenvalue weighted by Gasteiger charge is 2.35. The van der Waals surface area contributed by atoms with E-state index in [4.69, 9.17) is 14.2 Å². The van der Waals surface area contributed by atoms with Crippen molar-refractivity contribution in [1.82, 2.24) is 10.6 Å². The Balaban J connectivity index is 0.00000256. The van der Waals surface area contributed by atoms with Gasteiger partial charge in [-0.2, -0.15) is 0 Å². The zero-order valence-electron chi connectivity index (χ0n) is 17.6. The molecule has 7 heteroatoms. The van der Waals surface area contributed by atoms with E-state index in [1.54, 1.807) is 7.05 Å². The lowest BCUT2D eigenvalue weighted by Gasteiger charge is -2.39. The van der Waals surface area contributed by atoms with Crippen molar-refractivity contribution in [2.75, 3.05) is 33.6 Å². The largest absolute Gasteiger partial charge is 0.454 e. The second-order valence-corrected chi connectivity index (χ2v) is 7.67. The molecule has 0 unspecified atom stereocenters. The van der Waals surface area contributed by atoms with Gasteiger partial charge >= 0.3 is 0 Å². The van der Waals surface area contributed by atoms with E-state index in [1.165, 1.54) is 11.1 Å². The molecule has 2 aromatic rings. The maximum absolute atomic E-state index is 5.67. The Kier molecular flexibility index (Phi) is 7.82. The minimum Gasteiger partial charge on any atom is -0.454 e. The van der Waals surface area contributed by atoms with Gasteiger partial charge in [-0.15, -0.1) is 24.0 Å². The van der Waals surface area contributed by atoms with Gasteiger partial charge in [-0.25, -0.2) is 0 Å². The van der Waals surface area contributed by atoms with Crippen LogP contribution in [0, 0.1) is 6.92 Å². The molecule has 2 aliphatic heterocycles. The quantitative estimate of drug-likeness (QED) is 0.355. The first-order valence-corrected chi connectivity index (χ1v) is 10.2. The van der Waals surface area contributed by atoms with E-state index in [2.05, 4.69) is 46.8 Å². The van der Waals surface area contributed by atoms with Crippen LogP contribution in [0.1, 0.15) is 29.5 Å². The molecular weight excluding hydrogens is 493 g/mol. The molecule has 0 spiro atoms. The lowest BCUT2D eigenvalue weighted by atomic mass is 9.72. The Morgan fingerprint density at radius 3 is 2.57 bits per heavy atom. The molecule has 4 rings (SSSR count). The van der Waals surface area contributed by atoms with Crippen LogP contribution in [-0.4, -0.2) is 39.6 Å². The van der Waals surface area contributed by atoms with Crippen LogP contribution in [0.4, 0.5) is 0 Å². The molecule has 1 fully saturated rings. The summed E-state index contributed by atoms with van der Waals surface area (Å²) in [5.41, 5.74) is 3.92.